The van der Waals surface area contributed by atoms with Gasteiger partial charge in [0.15, 0.2) is 0 Å². The molecule has 2 unspecified atom stereocenters. The molecular formula is C18H27NO2. The number of hydrogen-bond acceptors (Lipinski definition) is 3. The largest absolute Gasteiger partial charge is 0.496 e. The molecule has 0 amide bonds. The predicted molar refractivity (Wildman–Crippen MR) is 84.8 cm³/mol. The molecule has 2 atom stereocenters. The van der Waals surface area contributed by atoms with Crippen LogP contribution in [-0.4, -0.2) is 26.4 Å². The molecule has 0 radical (unpaired) electrons. The molecule has 1 heterocycles. The average Bonchev–Trinajstić information content (AvgIpc) is 2.48. The normalized spacial score (nSPS) is 25.4. The standard InChI is InChI=1S/C18H27NO2/c1-13-5-6-15(16(11-13)20-3)17(19-2)14-7-10-21-18(12-14)8-4-9-18/h5-6,11,14,17,19H,4,7-10,12H2,1-3H3. The van der Waals surface area contributed by atoms with E-state index in [1.807, 2.05) is 0 Å². The van der Waals surface area contributed by atoms with Gasteiger partial charge in [-0.15, -0.1) is 0 Å². The van der Waals surface area contributed by atoms with Crippen LogP contribution in [0.1, 0.15) is 49.3 Å². The van der Waals surface area contributed by atoms with Gasteiger partial charge < -0.3 is 14.8 Å². The van der Waals surface area contributed by atoms with Crippen molar-refractivity contribution >= 4 is 0 Å². The Kier molecular flexibility index (Phi) is 4.23. The van der Waals surface area contributed by atoms with Crippen LogP contribution in [0.4, 0.5) is 0 Å². The van der Waals surface area contributed by atoms with Crippen molar-refractivity contribution in [1.29, 1.82) is 0 Å². The Hall–Kier alpha value is -1.06. The van der Waals surface area contributed by atoms with Gasteiger partial charge >= 0.3 is 0 Å². The highest BCUT2D eigenvalue weighted by atomic mass is 16.5. The molecule has 2 fully saturated rings. The van der Waals surface area contributed by atoms with Crippen molar-refractivity contribution in [2.75, 3.05) is 20.8 Å². The van der Waals surface area contributed by atoms with E-state index in [2.05, 4.69) is 37.5 Å². The van der Waals surface area contributed by atoms with E-state index in [1.54, 1.807) is 7.11 Å². The average molecular weight is 289 g/mol. The lowest BCUT2D eigenvalue weighted by molar-refractivity contribution is -0.147. The summed E-state index contributed by atoms with van der Waals surface area (Å²) in [4.78, 5) is 0. The summed E-state index contributed by atoms with van der Waals surface area (Å²) in [6, 6.07) is 6.89. The lowest BCUT2D eigenvalue weighted by Crippen LogP contribution is -2.47. The second kappa shape index (κ2) is 5.98. The van der Waals surface area contributed by atoms with Crippen LogP contribution in [0.5, 0.6) is 5.75 Å². The molecule has 1 aliphatic carbocycles. The molecule has 3 heteroatoms. The summed E-state index contributed by atoms with van der Waals surface area (Å²) >= 11 is 0. The van der Waals surface area contributed by atoms with Gasteiger partial charge in [-0.05, 0) is 63.6 Å². The van der Waals surface area contributed by atoms with Crippen LogP contribution >= 0.6 is 0 Å². The Labute approximate surface area is 128 Å². The smallest absolute Gasteiger partial charge is 0.123 e. The lowest BCUT2D eigenvalue weighted by Gasteiger charge is -2.49. The topological polar surface area (TPSA) is 30.5 Å². The van der Waals surface area contributed by atoms with Gasteiger partial charge in [-0.25, -0.2) is 0 Å². The summed E-state index contributed by atoms with van der Waals surface area (Å²) in [6.45, 7) is 3.01. The SMILES string of the molecule is CNC(c1ccc(C)cc1OC)C1CCOC2(CCC2)C1. The van der Waals surface area contributed by atoms with E-state index in [4.69, 9.17) is 9.47 Å². The molecular weight excluding hydrogens is 262 g/mol. The molecule has 1 saturated carbocycles. The molecule has 3 rings (SSSR count). The third-order valence-electron chi connectivity index (χ3n) is 5.30. The molecule has 0 aromatic heterocycles. The summed E-state index contributed by atoms with van der Waals surface area (Å²) in [5.41, 5.74) is 2.72. The number of methoxy groups -OCH3 is 1. The molecule has 1 saturated heterocycles. The fourth-order valence-corrected chi connectivity index (χ4v) is 3.99. The van der Waals surface area contributed by atoms with Crippen molar-refractivity contribution in [3.63, 3.8) is 0 Å². The maximum absolute atomic E-state index is 6.08. The van der Waals surface area contributed by atoms with Crippen LogP contribution in [-0.2, 0) is 4.74 Å². The van der Waals surface area contributed by atoms with Gasteiger partial charge in [-0.3, -0.25) is 0 Å². The van der Waals surface area contributed by atoms with Gasteiger partial charge in [-0.1, -0.05) is 12.1 Å². The molecule has 1 spiro atoms. The molecule has 116 valence electrons. The van der Waals surface area contributed by atoms with Gasteiger partial charge in [0.25, 0.3) is 0 Å². The number of nitrogens with one attached hydrogen (secondary N) is 1. The zero-order chi connectivity index (χ0) is 14.9. The van der Waals surface area contributed by atoms with E-state index in [1.165, 1.54) is 36.8 Å². The third kappa shape index (κ3) is 2.82. The van der Waals surface area contributed by atoms with Crippen LogP contribution in [0.15, 0.2) is 18.2 Å². The monoisotopic (exact) mass is 289 g/mol. The Morgan fingerprint density at radius 2 is 2.19 bits per heavy atom. The second-order valence-corrected chi connectivity index (χ2v) is 6.65. The molecule has 0 bridgehead atoms. The second-order valence-electron chi connectivity index (χ2n) is 6.65. The van der Waals surface area contributed by atoms with Gasteiger partial charge in [0.05, 0.1) is 12.7 Å². The maximum Gasteiger partial charge on any atom is 0.123 e. The number of hydrogen-bond donors (Lipinski definition) is 1. The fraction of sp³-hybridized carbons (Fsp3) is 0.667. The van der Waals surface area contributed by atoms with Crippen LogP contribution in [0.25, 0.3) is 0 Å². The van der Waals surface area contributed by atoms with E-state index in [-0.39, 0.29) is 5.60 Å². The fourth-order valence-electron chi connectivity index (χ4n) is 3.99. The van der Waals surface area contributed by atoms with Gasteiger partial charge in [0.1, 0.15) is 5.75 Å². The molecule has 1 N–H and O–H groups in total. The Balaban J connectivity index is 1.84. The van der Waals surface area contributed by atoms with Crippen molar-refractivity contribution in [2.45, 2.75) is 50.7 Å². The van der Waals surface area contributed by atoms with Crippen molar-refractivity contribution < 1.29 is 9.47 Å². The number of rotatable bonds is 4. The Morgan fingerprint density at radius 1 is 1.38 bits per heavy atom. The lowest BCUT2D eigenvalue weighted by atomic mass is 9.69. The molecule has 1 aromatic carbocycles. The van der Waals surface area contributed by atoms with Crippen molar-refractivity contribution in [1.82, 2.24) is 5.32 Å². The van der Waals surface area contributed by atoms with Crippen LogP contribution in [0.2, 0.25) is 0 Å². The Morgan fingerprint density at radius 3 is 2.81 bits per heavy atom. The summed E-state index contributed by atoms with van der Waals surface area (Å²) < 4.78 is 11.7. The minimum atomic E-state index is 0.190. The van der Waals surface area contributed by atoms with Gasteiger partial charge in [0.2, 0.25) is 0 Å². The van der Waals surface area contributed by atoms with Crippen molar-refractivity contribution in [3.05, 3.63) is 29.3 Å². The highest BCUT2D eigenvalue weighted by Crippen LogP contribution is 2.47. The van der Waals surface area contributed by atoms with E-state index in [0.29, 0.717) is 12.0 Å². The zero-order valence-corrected chi connectivity index (χ0v) is 13.4. The highest BCUT2D eigenvalue weighted by molar-refractivity contribution is 5.39. The van der Waals surface area contributed by atoms with E-state index >= 15 is 0 Å². The zero-order valence-electron chi connectivity index (χ0n) is 13.4. The summed E-state index contributed by atoms with van der Waals surface area (Å²) in [7, 11) is 3.83. The first-order valence-electron chi connectivity index (χ1n) is 8.13. The quantitative estimate of drug-likeness (QED) is 0.918. The van der Waals surface area contributed by atoms with Crippen molar-refractivity contribution in [2.24, 2.45) is 5.92 Å². The minimum Gasteiger partial charge on any atom is -0.496 e. The van der Waals surface area contributed by atoms with E-state index in [0.717, 1.165) is 18.8 Å². The molecule has 1 aromatic rings. The van der Waals surface area contributed by atoms with Gasteiger partial charge in [-0.2, -0.15) is 0 Å². The molecule has 1 aliphatic heterocycles. The first-order chi connectivity index (χ1) is 10.2. The molecule has 21 heavy (non-hydrogen) atoms. The number of aryl methyl sites for hydroxylation is 1. The number of benzene rings is 1. The highest BCUT2D eigenvalue weighted by Gasteiger charge is 2.44. The summed E-state index contributed by atoms with van der Waals surface area (Å²) in [6.07, 6.45) is 6.11. The molecule has 3 nitrogen and oxygen atoms in total. The predicted octanol–water partition coefficient (Wildman–Crippen LogP) is 3.61. The molecule has 2 aliphatic rings. The maximum atomic E-state index is 6.08. The van der Waals surface area contributed by atoms with E-state index < -0.39 is 0 Å². The number of ether oxygens (including phenoxy) is 2. The summed E-state index contributed by atoms with van der Waals surface area (Å²) in [5, 5.41) is 3.53. The van der Waals surface area contributed by atoms with Crippen molar-refractivity contribution in [3.8, 4) is 5.75 Å². The van der Waals surface area contributed by atoms with E-state index in [9.17, 15) is 0 Å². The Bertz CT molecular complexity index is 496. The minimum absolute atomic E-state index is 0.190. The first-order valence-corrected chi connectivity index (χ1v) is 8.13. The van der Waals surface area contributed by atoms with Crippen LogP contribution < -0.4 is 10.1 Å². The van der Waals surface area contributed by atoms with Crippen LogP contribution in [0, 0.1) is 12.8 Å². The third-order valence-corrected chi connectivity index (χ3v) is 5.30. The van der Waals surface area contributed by atoms with Gasteiger partial charge in [0, 0.05) is 18.2 Å². The summed E-state index contributed by atoms with van der Waals surface area (Å²) in [5.74, 6) is 1.63. The first kappa shape index (κ1) is 14.9. The van der Waals surface area contributed by atoms with Crippen LogP contribution in [0.3, 0.4) is 0 Å².